The Morgan fingerprint density at radius 3 is 2.50 bits per heavy atom. The number of rotatable bonds is 4. The molecule has 1 aromatic rings. The van der Waals surface area contributed by atoms with Gasteiger partial charge in [-0.05, 0) is 57.9 Å². The quantitative estimate of drug-likeness (QED) is 0.898. The van der Waals surface area contributed by atoms with E-state index in [0.29, 0.717) is 6.54 Å². The van der Waals surface area contributed by atoms with Gasteiger partial charge in [0.25, 0.3) is 0 Å². The zero-order chi connectivity index (χ0) is 16.2. The van der Waals surface area contributed by atoms with Crippen molar-refractivity contribution in [3.05, 3.63) is 29.8 Å². The molecule has 1 unspecified atom stereocenters. The van der Waals surface area contributed by atoms with Crippen molar-refractivity contribution in [2.24, 2.45) is 0 Å². The highest BCUT2D eigenvalue weighted by molar-refractivity contribution is 5.67. The molecule has 22 heavy (non-hydrogen) atoms. The molecule has 1 heterocycles. The van der Waals surface area contributed by atoms with Crippen LogP contribution in [0.3, 0.4) is 0 Å². The maximum atomic E-state index is 11.9. The van der Waals surface area contributed by atoms with Gasteiger partial charge in [-0.2, -0.15) is 0 Å². The van der Waals surface area contributed by atoms with Crippen molar-refractivity contribution in [1.29, 1.82) is 0 Å². The van der Waals surface area contributed by atoms with Crippen LogP contribution in [0, 0.1) is 0 Å². The van der Waals surface area contributed by atoms with Crippen LogP contribution in [0.4, 0.5) is 4.79 Å². The van der Waals surface area contributed by atoms with Crippen LogP contribution in [-0.2, 0) is 10.3 Å². The Balaban J connectivity index is 2.06. The van der Waals surface area contributed by atoms with Crippen molar-refractivity contribution in [3.8, 4) is 5.75 Å². The minimum atomic E-state index is -0.486. The molecule has 122 valence electrons. The molecule has 0 aliphatic carbocycles. The van der Waals surface area contributed by atoms with Gasteiger partial charge in [0.2, 0.25) is 0 Å². The largest absolute Gasteiger partial charge is 0.497 e. The van der Waals surface area contributed by atoms with Gasteiger partial charge >= 0.3 is 6.09 Å². The van der Waals surface area contributed by atoms with Crippen LogP contribution in [0.2, 0.25) is 0 Å². The summed E-state index contributed by atoms with van der Waals surface area (Å²) < 4.78 is 10.5. The van der Waals surface area contributed by atoms with Crippen molar-refractivity contribution < 1.29 is 14.3 Å². The van der Waals surface area contributed by atoms with Gasteiger partial charge in [-0.3, -0.25) is 0 Å². The molecule has 0 radical (unpaired) electrons. The third-order valence-electron chi connectivity index (χ3n) is 3.82. The molecule has 1 aliphatic rings. The van der Waals surface area contributed by atoms with Gasteiger partial charge in [-0.1, -0.05) is 12.1 Å². The van der Waals surface area contributed by atoms with E-state index in [2.05, 4.69) is 10.6 Å². The predicted octanol–water partition coefficient (Wildman–Crippen LogP) is 2.80. The van der Waals surface area contributed by atoms with E-state index in [9.17, 15) is 4.79 Å². The van der Waals surface area contributed by atoms with E-state index in [1.54, 1.807) is 7.11 Å². The molecule has 0 spiro atoms. The van der Waals surface area contributed by atoms with Gasteiger partial charge in [0.05, 0.1) is 12.6 Å². The van der Waals surface area contributed by atoms with Gasteiger partial charge in [-0.15, -0.1) is 0 Å². The molecule has 5 heteroatoms. The Bertz CT molecular complexity index is 500. The molecular weight excluding hydrogens is 280 g/mol. The van der Waals surface area contributed by atoms with Crippen LogP contribution >= 0.6 is 0 Å². The molecule has 2 N–H and O–H groups in total. The monoisotopic (exact) mass is 306 g/mol. The Labute approximate surface area is 132 Å². The van der Waals surface area contributed by atoms with Crippen LogP contribution in [0.15, 0.2) is 24.3 Å². The summed E-state index contributed by atoms with van der Waals surface area (Å²) in [5.41, 5.74) is 0.436. The van der Waals surface area contributed by atoms with Crippen LogP contribution < -0.4 is 15.4 Å². The van der Waals surface area contributed by atoms with E-state index in [0.717, 1.165) is 30.7 Å². The molecule has 0 bridgehead atoms. The summed E-state index contributed by atoms with van der Waals surface area (Å²) in [5.74, 6) is 0.831. The number of hydrogen-bond acceptors (Lipinski definition) is 4. The lowest BCUT2D eigenvalue weighted by Crippen LogP contribution is -2.48. The van der Waals surface area contributed by atoms with E-state index in [-0.39, 0.29) is 11.6 Å². The summed E-state index contributed by atoms with van der Waals surface area (Å²) in [5, 5.41) is 6.43. The number of alkyl carbamates (subject to hydrolysis) is 1. The fourth-order valence-corrected chi connectivity index (χ4v) is 2.75. The first-order valence-corrected chi connectivity index (χ1v) is 7.71. The average Bonchev–Trinajstić information content (AvgIpc) is 2.94. The third-order valence-corrected chi connectivity index (χ3v) is 3.82. The minimum Gasteiger partial charge on any atom is -0.497 e. The minimum absolute atomic E-state index is 0.233. The van der Waals surface area contributed by atoms with E-state index in [1.165, 1.54) is 0 Å². The number of carbonyl (C=O) groups is 1. The fourth-order valence-electron chi connectivity index (χ4n) is 2.75. The Morgan fingerprint density at radius 1 is 1.32 bits per heavy atom. The molecule has 1 fully saturated rings. The predicted molar refractivity (Wildman–Crippen MR) is 86.1 cm³/mol. The number of amides is 1. The Kier molecular flexibility index (Phi) is 4.96. The molecule has 0 aromatic heterocycles. The van der Waals surface area contributed by atoms with E-state index < -0.39 is 5.60 Å². The standard InChI is InChI=1S/C17H26N2O3/c1-16(2,3)22-15(20)18-12-17(10-5-11-19-17)13-6-8-14(21-4)9-7-13/h6-9,19H,5,10-12H2,1-4H3,(H,18,20). The van der Waals surface area contributed by atoms with Gasteiger partial charge in [0.1, 0.15) is 11.4 Å². The van der Waals surface area contributed by atoms with E-state index in [4.69, 9.17) is 9.47 Å². The van der Waals surface area contributed by atoms with Crippen molar-refractivity contribution in [2.45, 2.75) is 44.8 Å². The highest BCUT2D eigenvalue weighted by atomic mass is 16.6. The smallest absolute Gasteiger partial charge is 0.407 e. The summed E-state index contributed by atoms with van der Waals surface area (Å²) in [4.78, 5) is 11.9. The zero-order valence-corrected chi connectivity index (χ0v) is 13.9. The van der Waals surface area contributed by atoms with Gasteiger partial charge in [0.15, 0.2) is 0 Å². The van der Waals surface area contributed by atoms with Gasteiger partial charge < -0.3 is 20.1 Å². The Morgan fingerprint density at radius 2 is 2.00 bits per heavy atom. The normalized spacial score (nSPS) is 21.5. The molecular formula is C17H26N2O3. The number of benzene rings is 1. The first-order chi connectivity index (χ1) is 10.3. The maximum Gasteiger partial charge on any atom is 0.407 e. The number of hydrogen-bond donors (Lipinski definition) is 2. The van der Waals surface area contributed by atoms with Crippen LogP contribution in [-0.4, -0.2) is 31.9 Å². The van der Waals surface area contributed by atoms with E-state index >= 15 is 0 Å². The van der Waals surface area contributed by atoms with E-state index in [1.807, 2.05) is 45.0 Å². The number of nitrogens with one attached hydrogen (secondary N) is 2. The summed E-state index contributed by atoms with van der Waals surface area (Å²) in [6.07, 6.45) is 1.69. The van der Waals surface area contributed by atoms with Crippen LogP contribution in [0.5, 0.6) is 5.75 Å². The summed E-state index contributed by atoms with van der Waals surface area (Å²) >= 11 is 0. The number of ether oxygens (including phenoxy) is 2. The van der Waals surface area contributed by atoms with Gasteiger partial charge in [-0.25, -0.2) is 4.79 Å². The highest BCUT2D eigenvalue weighted by Gasteiger charge is 2.36. The second-order valence-corrected chi connectivity index (χ2v) is 6.70. The molecule has 1 saturated heterocycles. The summed E-state index contributed by atoms with van der Waals surface area (Å²) in [6, 6.07) is 8.00. The molecule has 2 rings (SSSR count). The van der Waals surface area contributed by atoms with Crippen molar-refractivity contribution in [3.63, 3.8) is 0 Å². The summed E-state index contributed by atoms with van der Waals surface area (Å²) in [6.45, 7) is 7.04. The maximum absolute atomic E-state index is 11.9. The lowest BCUT2D eigenvalue weighted by molar-refractivity contribution is 0.0511. The van der Waals surface area contributed by atoms with Crippen LogP contribution in [0.25, 0.3) is 0 Å². The second-order valence-electron chi connectivity index (χ2n) is 6.70. The average molecular weight is 306 g/mol. The first-order valence-electron chi connectivity index (χ1n) is 7.71. The van der Waals surface area contributed by atoms with Crippen LogP contribution in [0.1, 0.15) is 39.2 Å². The first kappa shape index (κ1) is 16.6. The lowest BCUT2D eigenvalue weighted by Gasteiger charge is -2.31. The third kappa shape index (κ3) is 4.13. The zero-order valence-electron chi connectivity index (χ0n) is 13.9. The SMILES string of the molecule is COc1ccc(C2(CNC(=O)OC(C)(C)C)CCCN2)cc1. The Hall–Kier alpha value is -1.75. The highest BCUT2D eigenvalue weighted by Crippen LogP contribution is 2.31. The molecule has 1 amide bonds. The molecule has 1 aromatic carbocycles. The number of carbonyl (C=O) groups excluding carboxylic acids is 1. The van der Waals surface area contributed by atoms with Gasteiger partial charge in [0, 0.05) is 6.54 Å². The van der Waals surface area contributed by atoms with Crippen molar-refractivity contribution in [1.82, 2.24) is 10.6 Å². The molecule has 1 aliphatic heterocycles. The molecule has 1 atom stereocenters. The summed E-state index contributed by atoms with van der Waals surface area (Å²) in [7, 11) is 1.66. The van der Waals surface area contributed by atoms with Crippen molar-refractivity contribution in [2.75, 3.05) is 20.2 Å². The van der Waals surface area contributed by atoms with Crippen molar-refractivity contribution >= 4 is 6.09 Å². The molecule has 5 nitrogen and oxygen atoms in total. The second kappa shape index (κ2) is 6.57. The topological polar surface area (TPSA) is 59.6 Å². The number of methoxy groups -OCH3 is 1. The molecule has 0 saturated carbocycles. The lowest BCUT2D eigenvalue weighted by atomic mass is 9.88. The fraction of sp³-hybridized carbons (Fsp3) is 0.588.